The molecule has 0 spiro atoms. The van der Waals surface area contributed by atoms with Crippen LogP contribution < -0.4 is 10.6 Å². The summed E-state index contributed by atoms with van der Waals surface area (Å²) >= 11 is 0. The van der Waals surface area contributed by atoms with Gasteiger partial charge in [-0.05, 0) is 48.7 Å². The van der Waals surface area contributed by atoms with Crippen molar-refractivity contribution in [2.75, 3.05) is 19.9 Å². The van der Waals surface area contributed by atoms with E-state index >= 15 is 0 Å². The maximum Gasteiger partial charge on any atom is 0.338 e. The molecule has 0 radical (unpaired) electrons. The number of hydrogen-bond donors (Lipinski definition) is 5. The van der Waals surface area contributed by atoms with Crippen LogP contribution in [-0.2, 0) is 30.2 Å². The summed E-state index contributed by atoms with van der Waals surface area (Å²) in [6.07, 6.45) is 2.52. The van der Waals surface area contributed by atoms with Gasteiger partial charge in [0.1, 0.15) is 36.9 Å². The van der Waals surface area contributed by atoms with E-state index in [-0.39, 0.29) is 37.7 Å². The van der Waals surface area contributed by atoms with Crippen molar-refractivity contribution in [3.05, 3.63) is 82.9 Å². The number of carbonyl (C=O) groups is 3. The van der Waals surface area contributed by atoms with Gasteiger partial charge in [-0.1, -0.05) is 42.5 Å². The fraction of sp³-hybridized carbons (Fsp3) is 0.367. The summed E-state index contributed by atoms with van der Waals surface area (Å²) in [6, 6.07) is 12.7. The number of phenolic OH excluding ortho intramolecular Hbond substituents is 1. The Labute approximate surface area is 237 Å². The minimum atomic E-state index is -1.25. The maximum absolute atomic E-state index is 13.1. The van der Waals surface area contributed by atoms with Crippen molar-refractivity contribution in [3.63, 3.8) is 0 Å². The molecule has 218 valence electrons. The molecule has 2 aromatic carbocycles. The molecule has 4 rings (SSSR count). The smallest absolute Gasteiger partial charge is 0.338 e. The highest BCUT2D eigenvalue weighted by molar-refractivity contribution is 5.97. The van der Waals surface area contributed by atoms with Gasteiger partial charge in [-0.25, -0.2) is 4.79 Å². The number of esters is 1. The van der Waals surface area contributed by atoms with E-state index in [1.165, 1.54) is 6.92 Å². The normalized spacial score (nSPS) is 21.4. The minimum Gasteiger partial charge on any atom is -0.508 e. The topological polar surface area (TPSA) is 164 Å². The number of carbonyl (C=O) groups excluding carboxylic acids is 3. The molecule has 2 amide bonds. The Balaban J connectivity index is 1.42. The van der Waals surface area contributed by atoms with Crippen LogP contribution in [0.25, 0.3) is 6.08 Å². The van der Waals surface area contributed by atoms with Crippen LogP contribution in [0.3, 0.4) is 0 Å². The van der Waals surface area contributed by atoms with Gasteiger partial charge in [0.2, 0.25) is 11.8 Å². The zero-order valence-electron chi connectivity index (χ0n) is 22.6. The zero-order chi connectivity index (χ0) is 29.4. The summed E-state index contributed by atoms with van der Waals surface area (Å²) < 4.78 is 17.0. The number of fused-ring (bicyclic) bond motifs is 1. The number of rotatable bonds is 11. The van der Waals surface area contributed by atoms with Crippen molar-refractivity contribution in [2.45, 2.75) is 50.2 Å². The third-order valence-electron chi connectivity index (χ3n) is 6.77. The molecule has 0 aromatic heterocycles. The van der Waals surface area contributed by atoms with Crippen molar-refractivity contribution in [1.82, 2.24) is 10.6 Å². The van der Waals surface area contributed by atoms with Gasteiger partial charge in [0.15, 0.2) is 0 Å². The number of aliphatic hydroxyl groups excluding tert-OH is 2. The standard InChI is InChI=1S/C30H34N2O9/c1-18(34)26(29(37)31-12-13-33)32-28(36)22-15-24-27(40-17-39-24)25(16-22)41-30(38)21-10-5-7-19(14-21)6-4-9-20-8-2-3-11-23(20)35/h2-8,10-11,14-15,18,24-27,33-35H,9,12-13,16-17H2,1H3,(H,31,37)(H,32,36). The Morgan fingerprint density at radius 2 is 1.95 bits per heavy atom. The number of aliphatic hydroxyl groups is 2. The fourth-order valence-electron chi connectivity index (χ4n) is 4.63. The molecule has 1 saturated heterocycles. The number of ether oxygens (including phenoxy) is 3. The highest BCUT2D eigenvalue weighted by atomic mass is 16.7. The quantitative estimate of drug-likeness (QED) is 0.252. The van der Waals surface area contributed by atoms with E-state index in [0.717, 1.165) is 11.1 Å². The molecular weight excluding hydrogens is 532 g/mol. The van der Waals surface area contributed by atoms with Gasteiger partial charge in [0.25, 0.3) is 0 Å². The highest BCUT2D eigenvalue weighted by Crippen LogP contribution is 2.31. The molecule has 11 heteroatoms. The summed E-state index contributed by atoms with van der Waals surface area (Å²) in [5, 5.41) is 33.9. The minimum absolute atomic E-state index is 0.00699. The molecule has 11 nitrogen and oxygen atoms in total. The van der Waals surface area contributed by atoms with Crippen molar-refractivity contribution in [1.29, 1.82) is 0 Å². The Morgan fingerprint density at radius 1 is 1.15 bits per heavy atom. The van der Waals surface area contributed by atoms with Crippen LogP contribution in [0.1, 0.15) is 34.8 Å². The Hall–Kier alpha value is -4.03. The first-order valence-electron chi connectivity index (χ1n) is 13.3. The Morgan fingerprint density at radius 3 is 2.71 bits per heavy atom. The summed E-state index contributed by atoms with van der Waals surface area (Å²) in [5.41, 5.74) is 2.07. The predicted molar refractivity (Wildman–Crippen MR) is 148 cm³/mol. The molecule has 5 atom stereocenters. The summed E-state index contributed by atoms with van der Waals surface area (Å²) in [6.45, 7) is 1.01. The predicted octanol–water partition coefficient (Wildman–Crippen LogP) is 1.22. The molecule has 0 saturated carbocycles. The lowest BCUT2D eigenvalue weighted by molar-refractivity contribution is -0.130. The lowest BCUT2D eigenvalue weighted by atomic mass is 9.91. The second-order valence-electron chi connectivity index (χ2n) is 9.79. The van der Waals surface area contributed by atoms with Gasteiger partial charge in [-0.3, -0.25) is 9.59 Å². The van der Waals surface area contributed by atoms with Gasteiger partial charge in [0.05, 0.1) is 18.3 Å². The maximum atomic E-state index is 13.1. The number of benzene rings is 2. The molecule has 0 bridgehead atoms. The molecule has 5 unspecified atom stereocenters. The number of aromatic hydroxyl groups is 1. The fourth-order valence-corrected chi connectivity index (χ4v) is 4.63. The lowest BCUT2D eigenvalue weighted by Crippen LogP contribution is -2.54. The molecule has 2 aliphatic rings. The van der Waals surface area contributed by atoms with Gasteiger partial charge < -0.3 is 40.2 Å². The molecule has 5 N–H and O–H groups in total. The number of amides is 2. The summed E-state index contributed by atoms with van der Waals surface area (Å²) in [5.74, 6) is -1.66. The lowest BCUT2D eigenvalue weighted by Gasteiger charge is -2.31. The summed E-state index contributed by atoms with van der Waals surface area (Å²) in [7, 11) is 0. The van der Waals surface area contributed by atoms with Crippen LogP contribution in [0.2, 0.25) is 0 Å². The van der Waals surface area contributed by atoms with Crippen LogP contribution >= 0.6 is 0 Å². The number of nitrogens with one attached hydrogen (secondary N) is 2. The second kappa shape index (κ2) is 14.0. The Kier molecular flexibility index (Phi) is 10.3. The van der Waals surface area contributed by atoms with E-state index in [1.54, 1.807) is 36.4 Å². The van der Waals surface area contributed by atoms with Crippen molar-refractivity contribution in [2.24, 2.45) is 0 Å². The molecule has 1 aliphatic carbocycles. The molecule has 1 fully saturated rings. The number of hydrogen-bond acceptors (Lipinski definition) is 9. The first kappa shape index (κ1) is 29.9. The van der Waals surface area contributed by atoms with Crippen molar-refractivity contribution in [3.8, 4) is 5.75 Å². The van der Waals surface area contributed by atoms with Crippen LogP contribution in [0.15, 0.2) is 66.3 Å². The van der Waals surface area contributed by atoms with Gasteiger partial charge >= 0.3 is 5.97 Å². The third kappa shape index (κ3) is 7.80. The molecular formula is C30H34N2O9. The molecule has 1 heterocycles. The summed E-state index contributed by atoms with van der Waals surface area (Å²) in [4.78, 5) is 38.5. The van der Waals surface area contributed by atoms with Crippen molar-refractivity contribution < 1.29 is 43.9 Å². The van der Waals surface area contributed by atoms with Crippen LogP contribution in [0.5, 0.6) is 5.75 Å². The first-order chi connectivity index (χ1) is 19.8. The monoisotopic (exact) mass is 566 g/mol. The van der Waals surface area contributed by atoms with Crippen LogP contribution in [-0.4, -0.2) is 83.5 Å². The largest absolute Gasteiger partial charge is 0.508 e. The average molecular weight is 567 g/mol. The average Bonchev–Trinajstić information content (AvgIpc) is 3.45. The van der Waals surface area contributed by atoms with E-state index < -0.39 is 48.2 Å². The van der Waals surface area contributed by atoms with Crippen molar-refractivity contribution >= 4 is 23.9 Å². The van der Waals surface area contributed by atoms with Gasteiger partial charge in [0, 0.05) is 18.5 Å². The van der Waals surface area contributed by atoms with E-state index in [9.17, 15) is 24.6 Å². The van der Waals surface area contributed by atoms with E-state index in [0.29, 0.717) is 12.0 Å². The van der Waals surface area contributed by atoms with Gasteiger partial charge in [-0.15, -0.1) is 0 Å². The van der Waals surface area contributed by atoms with Gasteiger partial charge in [-0.2, -0.15) is 0 Å². The van der Waals surface area contributed by atoms with E-state index in [4.69, 9.17) is 19.3 Å². The van der Waals surface area contributed by atoms with E-state index in [2.05, 4.69) is 10.6 Å². The Bertz CT molecular complexity index is 1310. The SMILES string of the molecule is CC(O)C(NC(=O)C1=CC2OCOC2C(OC(=O)c2cccc(C=CCc3ccccc3O)c2)C1)C(=O)NCCO. The van der Waals surface area contributed by atoms with E-state index in [1.807, 2.05) is 30.4 Å². The van der Waals surface area contributed by atoms with Crippen LogP contribution in [0.4, 0.5) is 0 Å². The zero-order valence-corrected chi connectivity index (χ0v) is 22.6. The van der Waals surface area contributed by atoms with Crippen LogP contribution in [0, 0.1) is 0 Å². The number of para-hydroxylation sites is 1. The highest BCUT2D eigenvalue weighted by Gasteiger charge is 2.43. The number of allylic oxidation sites excluding steroid dienone is 1. The molecule has 41 heavy (non-hydrogen) atoms. The second-order valence-corrected chi connectivity index (χ2v) is 9.79. The first-order valence-corrected chi connectivity index (χ1v) is 13.3. The molecule has 1 aliphatic heterocycles. The number of phenols is 1. The molecule has 2 aromatic rings. The third-order valence-corrected chi connectivity index (χ3v) is 6.77.